The molecule has 0 aliphatic heterocycles. The highest BCUT2D eigenvalue weighted by Gasteiger charge is 2.14. The number of para-hydroxylation sites is 2. The van der Waals surface area contributed by atoms with Crippen LogP contribution >= 0.6 is 11.9 Å². The first-order chi connectivity index (χ1) is 9.18. The summed E-state index contributed by atoms with van der Waals surface area (Å²) in [5.41, 5.74) is 1.89. The normalized spacial score (nSPS) is 10.0. The molecule has 2 aromatic carbocycles. The summed E-state index contributed by atoms with van der Waals surface area (Å²) in [6.07, 6.45) is 0. The third-order valence-corrected chi connectivity index (χ3v) is 3.67. The lowest BCUT2D eigenvalue weighted by molar-refractivity contribution is 0.266. The van der Waals surface area contributed by atoms with Crippen LogP contribution in [0.4, 0.5) is 16.2 Å². The van der Waals surface area contributed by atoms with E-state index in [1.54, 1.807) is 11.9 Å². The highest BCUT2D eigenvalue weighted by Crippen LogP contribution is 2.24. The fourth-order valence-corrected chi connectivity index (χ4v) is 2.32. The lowest BCUT2D eigenvalue weighted by Crippen LogP contribution is -2.25. The topological polar surface area (TPSA) is 23.6 Å². The molecule has 19 heavy (non-hydrogen) atoms. The molecule has 0 spiro atoms. The van der Waals surface area contributed by atoms with E-state index < -0.39 is 0 Å². The van der Waals surface area contributed by atoms with Crippen molar-refractivity contribution in [3.05, 3.63) is 60.7 Å². The van der Waals surface area contributed by atoms with Gasteiger partial charge >= 0.3 is 5.24 Å². The highest BCUT2D eigenvalue weighted by atomic mass is 32.2. The van der Waals surface area contributed by atoms with Crippen LogP contribution in [0.5, 0.6) is 0 Å². The molecule has 0 fully saturated rings. The van der Waals surface area contributed by atoms with E-state index in [0.29, 0.717) is 0 Å². The first-order valence-electron chi connectivity index (χ1n) is 5.98. The van der Waals surface area contributed by atoms with Crippen molar-refractivity contribution >= 4 is 28.6 Å². The summed E-state index contributed by atoms with van der Waals surface area (Å²) in [4.78, 5) is 13.8. The van der Waals surface area contributed by atoms with Crippen LogP contribution in [0.1, 0.15) is 0 Å². The number of amides is 1. The summed E-state index contributed by atoms with van der Waals surface area (Å²) in [6.45, 7) is 0. The molecular weight excluding hydrogens is 256 g/mol. The predicted molar refractivity (Wildman–Crippen MR) is 82.7 cm³/mol. The van der Waals surface area contributed by atoms with E-state index in [9.17, 15) is 4.79 Å². The summed E-state index contributed by atoms with van der Waals surface area (Å²) < 4.78 is 1.86. The fourth-order valence-electron chi connectivity index (χ4n) is 1.63. The van der Waals surface area contributed by atoms with Gasteiger partial charge in [0.2, 0.25) is 0 Å². The number of anilines is 2. The zero-order valence-corrected chi connectivity index (χ0v) is 11.8. The Morgan fingerprint density at radius 1 is 0.842 bits per heavy atom. The van der Waals surface area contributed by atoms with Crippen molar-refractivity contribution < 1.29 is 4.79 Å². The van der Waals surface area contributed by atoms with Crippen molar-refractivity contribution in [1.82, 2.24) is 0 Å². The van der Waals surface area contributed by atoms with Crippen LogP contribution in [0.15, 0.2) is 60.7 Å². The monoisotopic (exact) mass is 272 g/mol. The number of carbonyl (C=O) groups excluding carboxylic acids is 1. The van der Waals surface area contributed by atoms with Gasteiger partial charge in [0.15, 0.2) is 0 Å². The largest absolute Gasteiger partial charge is 0.311 e. The molecule has 0 N–H and O–H groups in total. The van der Waals surface area contributed by atoms with Crippen molar-refractivity contribution in [2.75, 3.05) is 23.3 Å². The molecule has 2 aromatic rings. The van der Waals surface area contributed by atoms with Crippen molar-refractivity contribution in [3.63, 3.8) is 0 Å². The second-order valence-electron chi connectivity index (χ2n) is 4.08. The number of carbonyl (C=O) groups is 1. The van der Waals surface area contributed by atoms with Crippen molar-refractivity contribution in [2.24, 2.45) is 0 Å². The lowest BCUT2D eigenvalue weighted by Gasteiger charge is -2.21. The Balaban J connectivity index is 2.02. The minimum Gasteiger partial charge on any atom is -0.311 e. The van der Waals surface area contributed by atoms with Crippen LogP contribution in [0, 0.1) is 0 Å². The molecule has 0 saturated carbocycles. The Bertz CT molecular complexity index is 530. The third kappa shape index (κ3) is 3.51. The maximum atomic E-state index is 12.2. The van der Waals surface area contributed by atoms with E-state index in [1.165, 1.54) is 11.9 Å². The number of benzene rings is 2. The standard InChI is InChI=1S/C15H16N2OS/c1-16(13-9-5-3-6-10-13)15(18)19-17(2)14-11-7-4-8-12-14/h3-12H,1-2H3. The fraction of sp³-hybridized carbons (Fsp3) is 0.133. The van der Waals surface area contributed by atoms with Crippen LogP contribution in [0.2, 0.25) is 0 Å². The first-order valence-corrected chi connectivity index (χ1v) is 6.75. The average molecular weight is 272 g/mol. The second kappa shape index (κ2) is 6.29. The van der Waals surface area contributed by atoms with Gasteiger partial charge in [0.25, 0.3) is 0 Å². The van der Waals surface area contributed by atoms with Gasteiger partial charge in [0.1, 0.15) is 0 Å². The van der Waals surface area contributed by atoms with Crippen LogP contribution in [-0.4, -0.2) is 19.3 Å². The third-order valence-electron chi connectivity index (χ3n) is 2.75. The molecule has 0 aliphatic rings. The van der Waals surface area contributed by atoms with Crippen molar-refractivity contribution in [1.29, 1.82) is 0 Å². The SMILES string of the molecule is CN(SC(=O)N(C)c1ccccc1)c1ccccc1. The van der Waals surface area contributed by atoms with Crippen LogP contribution in [0.25, 0.3) is 0 Å². The van der Waals surface area contributed by atoms with Gasteiger partial charge in [0, 0.05) is 25.5 Å². The molecule has 98 valence electrons. The van der Waals surface area contributed by atoms with Gasteiger partial charge in [-0.3, -0.25) is 4.79 Å². The minimum atomic E-state index is -0.0162. The summed E-state index contributed by atoms with van der Waals surface area (Å²) in [5.74, 6) is 0. The summed E-state index contributed by atoms with van der Waals surface area (Å²) >= 11 is 1.18. The Morgan fingerprint density at radius 2 is 1.32 bits per heavy atom. The minimum absolute atomic E-state index is 0.0162. The molecule has 0 heterocycles. The second-order valence-corrected chi connectivity index (χ2v) is 5.16. The lowest BCUT2D eigenvalue weighted by atomic mass is 10.3. The van der Waals surface area contributed by atoms with Crippen molar-refractivity contribution in [3.8, 4) is 0 Å². The molecular formula is C15H16N2OS. The summed E-state index contributed by atoms with van der Waals surface area (Å²) in [7, 11) is 3.67. The van der Waals surface area contributed by atoms with Gasteiger partial charge in [-0.1, -0.05) is 36.4 Å². The van der Waals surface area contributed by atoms with Gasteiger partial charge in [-0.25, -0.2) is 0 Å². The smallest absolute Gasteiger partial charge is 0.306 e. The highest BCUT2D eigenvalue weighted by molar-refractivity contribution is 8.15. The predicted octanol–water partition coefficient (Wildman–Crippen LogP) is 4.03. The van der Waals surface area contributed by atoms with Crippen LogP contribution < -0.4 is 9.21 Å². The van der Waals surface area contributed by atoms with E-state index >= 15 is 0 Å². The number of hydrogen-bond acceptors (Lipinski definition) is 3. The molecule has 0 aromatic heterocycles. The number of rotatable bonds is 3. The molecule has 3 nitrogen and oxygen atoms in total. The molecule has 2 rings (SSSR count). The molecule has 0 aliphatic carbocycles. The molecule has 1 amide bonds. The van der Waals surface area contributed by atoms with Gasteiger partial charge < -0.3 is 9.21 Å². The maximum absolute atomic E-state index is 12.2. The molecule has 0 bridgehead atoms. The average Bonchev–Trinajstić information content (AvgIpc) is 2.48. The van der Waals surface area contributed by atoms with E-state index in [0.717, 1.165) is 11.4 Å². The quantitative estimate of drug-likeness (QED) is 0.788. The van der Waals surface area contributed by atoms with E-state index in [2.05, 4.69) is 0 Å². The van der Waals surface area contributed by atoms with Crippen LogP contribution in [-0.2, 0) is 0 Å². The number of hydrogen-bond donors (Lipinski definition) is 0. The Morgan fingerprint density at radius 3 is 1.84 bits per heavy atom. The first kappa shape index (κ1) is 13.5. The Labute approximate surface area is 118 Å². The molecule has 0 atom stereocenters. The summed E-state index contributed by atoms with van der Waals surface area (Å²) in [6, 6.07) is 19.4. The molecule has 4 heteroatoms. The van der Waals surface area contributed by atoms with Gasteiger partial charge in [-0.15, -0.1) is 0 Å². The zero-order valence-electron chi connectivity index (χ0n) is 11.0. The Hall–Kier alpha value is -1.94. The number of nitrogens with zero attached hydrogens (tertiary/aromatic N) is 2. The summed E-state index contributed by atoms with van der Waals surface area (Å²) in [5, 5.41) is -0.0162. The van der Waals surface area contributed by atoms with Gasteiger partial charge in [0.05, 0.1) is 11.9 Å². The van der Waals surface area contributed by atoms with Crippen molar-refractivity contribution in [2.45, 2.75) is 0 Å². The van der Waals surface area contributed by atoms with Crippen LogP contribution in [0.3, 0.4) is 0 Å². The molecule has 0 unspecified atom stereocenters. The maximum Gasteiger partial charge on any atom is 0.306 e. The van der Waals surface area contributed by atoms with E-state index in [1.807, 2.05) is 72.0 Å². The van der Waals surface area contributed by atoms with Gasteiger partial charge in [-0.05, 0) is 24.3 Å². The Kier molecular flexibility index (Phi) is 4.47. The van der Waals surface area contributed by atoms with Gasteiger partial charge in [-0.2, -0.15) is 0 Å². The van der Waals surface area contributed by atoms with E-state index in [-0.39, 0.29) is 5.24 Å². The zero-order chi connectivity index (χ0) is 13.7. The van der Waals surface area contributed by atoms with E-state index in [4.69, 9.17) is 0 Å². The molecule has 0 saturated heterocycles. The molecule has 0 radical (unpaired) electrons.